The summed E-state index contributed by atoms with van der Waals surface area (Å²) in [5.41, 5.74) is 0.215. The van der Waals surface area contributed by atoms with Crippen LogP contribution in [-0.4, -0.2) is 67.5 Å². The molecule has 1 aliphatic heterocycles. The number of nitrogens with one attached hydrogen (secondary N) is 1. The van der Waals surface area contributed by atoms with Crippen molar-refractivity contribution in [1.29, 1.82) is 0 Å². The zero-order valence-corrected chi connectivity index (χ0v) is 17.0. The van der Waals surface area contributed by atoms with Crippen LogP contribution in [-0.2, 0) is 9.53 Å². The van der Waals surface area contributed by atoms with Crippen molar-refractivity contribution in [3.05, 3.63) is 22.7 Å². The van der Waals surface area contributed by atoms with Crippen LogP contribution in [0.3, 0.4) is 0 Å². The average Bonchev–Trinajstić information content (AvgIpc) is 3.15. The van der Waals surface area contributed by atoms with Crippen molar-refractivity contribution in [2.24, 2.45) is 0 Å². The van der Waals surface area contributed by atoms with Gasteiger partial charge in [-0.25, -0.2) is 5.01 Å². The molecule has 1 aromatic carbocycles. The number of rotatable bonds is 6. The Morgan fingerprint density at radius 1 is 1.22 bits per heavy atom. The summed E-state index contributed by atoms with van der Waals surface area (Å²) < 4.78 is 15.5. The van der Waals surface area contributed by atoms with Gasteiger partial charge in [0, 0.05) is 13.1 Å². The highest BCUT2D eigenvalue weighted by molar-refractivity contribution is 7.80. The quantitative estimate of drug-likeness (QED) is 0.557. The lowest BCUT2D eigenvalue weighted by Crippen LogP contribution is -2.50. The van der Waals surface area contributed by atoms with Gasteiger partial charge in [0.2, 0.25) is 0 Å². The van der Waals surface area contributed by atoms with Gasteiger partial charge in [-0.05, 0) is 37.7 Å². The van der Waals surface area contributed by atoms with E-state index in [-0.39, 0.29) is 35.5 Å². The molecule has 8 nitrogen and oxygen atoms in total. The summed E-state index contributed by atoms with van der Waals surface area (Å²) in [6, 6.07) is 3.21. The van der Waals surface area contributed by atoms with E-state index >= 15 is 0 Å². The van der Waals surface area contributed by atoms with Crippen LogP contribution in [0.4, 0.5) is 0 Å². The van der Waals surface area contributed by atoms with Gasteiger partial charge in [0.15, 0.2) is 10.9 Å². The average molecular weight is 416 g/mol. The molecule has 1 saturated heterocycles. The number of hydrazine groups is 1. The highest BCUT2D eigenvalue weighted by Gasteiger charge is 2.33. The molecule has 0 bridgehead atoms. The first-order valence-electron chi connectivity index (χ1n) is 8.37. The predicted octanol–water partition coefficient (Wildman–Crippen LogP) is 1.86. The molecule has 148 valence electrons. The second-order valence-corrected chi connectivity index (χ2v) is 6.32. The fourth-order valence-electron chi connectivity index (χ4n) is 2.73. The molecule has 0 unspecified atom stereocenters. The highest BCUT2D eigenvalue weighted by atomic mass is 35.5. The molecule has 10 heteroatoms. The van der Waals surface area contributed by atoms with Crippen LogP contribution >= 0.6 is 23.8 Å². The highest BCUT2D eigenvalue weighted by Crippen LogP contribution is 2.37. The number of carbonyl (C=O) groups excluding carboxylic acids is 2. The summed E-state index contributed by atoms with van der Waals surface area (Å²) in [6.45, 7) is 2.93. The molecule has 0 aromatic heterocycles. The number of nitrogens with zero attached hydrogens (tertiary/aromatic N) is 2. The maximum absolute atomic E-state index is 13.2. The lowest BCUT2D eigenvalue weighted by molar-refractivity contribution is -0.141. The van der Waals surface area contributed by atoms with Crippen LogP contribution in [0, 0.1) is 0 Å². The molecule has 0 saturated carbocycles. The smallest absolute Gasteiger partial charge is 0.325 e. The van der Waals surface area contributed by atoms with Crippen LogP contribution in [0.15, 0.2) is 12.1 Å². The molecular formula is C17H22ClN3O5S. The number of thiocarbonyl (C=S) groups is 1. The maximum atomic E-state index is 13.2. The Hall–Kier alpha value is -2.26. The number of methoxy groups -OCH3 is 2. The van der Waals surface area contributed by atoms with Crippen LogP contribution in [0.1, 0.15) is 23.7 Å². The number of esters is 1. The first kappa shape index (κ1) is 21.0. The van der Waals surface area contributed by atoms with Crippen molar-refractivity contribution in [3.63, 3.8) is 0 Å². The van der Waals surface area contributed by atoms with Crippen molar-refractivity contribution < 1.29 is 23.8 Å². The third-order valence-electron chi connectivity index (χ3n) is 3.90. The van der Waals surface area contributed by atoms with E-state index in [2.05, 4.69) is 5.32 Å². The summed E-state index contributed by atoms with van der Waals surface area (Å²) in [4.78, 5) is 24.7. The largest absolute Gasteiger partial charge is 0.496 e. The van der Waals surface area contributed by atoms with Gasteiger partial charge in [-0.3, -0.25) is 14.6 Å². The van der Waals surface area contributed by atoms with Crippen molar-refractivity contribution in [2.45, 2.75) is 13.3 Å². The topological polar surface area (TPSA) is 80.3 Å². The van der Waals surface area contributed by atoms with Crippen molar-refractivity contribution in [1.82, 2.24) is 15.3 Å². The molecule has 1 amide bonds. The number of halogens is 1. The third-order valence-corrected chi connectivity index (χ3v) is 4.55. The molecule has 1 N–H and O–H groups in total. The minimum Gasteiger partial charge on any atom is -0.496 e. The molecule has 0 aliphatic carbocycles. The Balaban J connectivity index is 2.22. The molecule has 1 heterocycles. The summed E-state index contributed by atoms with van der Waals surface area (Å²) in [5.74, 6) is -0.198. The van der Waals surface area contributed by atoms with E-state index in [1.165, 1.54) is 19.2 Å². The van der Waals surface area contributed by atoms with Crippen LogP contribution in [0.25, 0.3) is 0 Å². The fraction of sp³-hybridized carbons (Fsp3) is 0.471. The lowest BCUT2D eigenvalue weighted by Gasteiger charge is -2.30. The van der Waals surface area contributed by atoms with E-state index in [1.807, 2.05) is 0 Å². The van der Waals surface area contributed by atoms with Gasteiger partial charge in [0.1, 0.15) is 17.9 Å². The Morgan fingerprint density at radius 3 is 2.56 bits per heavy atom. The molecule has 0 spiro atoms. The summed E-state index contributed by atoms with van der Waals surface area (Å²) >= 11 is 11.5. The van der Waals surface area contributed by atoms with E-state index < -0.39 is 5.97 Å². The summed E-state index contributed by atoms with van der Waals surface area (Å²) in [6.07, 6.45) is 0.720. The van der Waals surface area contributed by atoms with Gasteiger partial charge in [0.05, 0.1) is 25.8 Å². The van der Waals surface area contributed by atoms with Gasteiger partial charge < -0.3 is 19.5 Å². The van der Waals surface area contributed by atoms with Gasteiger partial charge in [-0.2, -0.15) is 0 Å². The van der Waals surface area contributed by atoms with Crippen LogP contribution in [0.2, 0.25) is 5.02 Å². The van der Waals surface area contributed by atoms with E-state index in [0.717, 1.165) is 6.42 Å². The molecule has 0 radical (unpaired) electrons. The number of hydrogen-bond donors (Lipinski definition) is 1. The molecule has 1 aliphatic rings. The molecule has 1 fully saturated rings. The van der Waals surface area contributed by atoms with Crippen molar-refractivity contribution >= 4 is 40.8 Å². The second-order valence-electron chi connectivity index (χ2n) is 5.53. The monoisotopic (exact) mass is 415 g/mol. The number of amides is 1. The fourth-order valence-corrected chi connectivity index (χ4v) is 3.22. The van der Waals surface area contributed by atoms with E-state index in [0.29, 0.717) is 23.9 Å². The minimum absolute atomic E-state index is 0.0744. The van der Waals surface area contributed by atoms with Gasteiger partial charge >= 0.3 is 5.97 Å². The second kappa shape index (κ2) is 9.61. The van der Waals surface area contributed by atoms with Crippen LogP contribution in [0.5, 0.6) is 11.5 Å². The number of hydrogen-bond acceptors (Lipinski definition) is 6. The summed E-state index contributed by atoms with van der Waals surface area (Å²) in [5, 5.41) is 6.47. The molecule has 2 rings (SSSR count). The lowest BCUT2D eigenvalue weighted by atomic mass is 10.1. The van der Waals surface area contributed by atoms with E-state index in [1.54, 1.807) is 24.1 Å². The standard InChI is InChI=1S/C17H22ClN3O5S/c1-4-26-13(22)10-19-17(27)21-9-5-8-20(21)16(23)14-12(24-2)7-6-11(18)15(14)25-3/h6-7H,4-5,8-10H2,1-3H3,(H,19,27). The van der Waals surface area contributed by atoms with Gasteiger partial charge in [-0.1, -0.05) is 11.6 Å². The molecule has 1 aromatic rings. The zero-order valence-electron chi connectivity index (χ0n) is 15.4. The SMILES string of the molecule is CCOC(=O)CNC(=S)N1CCCN1C(=O)c1c(OC)ccc(Cl)c1OC. The maximum Gasteiger partial charge on any atom is 0.325 e. The third kappa shape index (κ3) is 4.72. The normalized spacial score (nSPS) is 13.3. The van der Waals surface area contributed by atoms with E-state index in [9.17, 15) is 9.59 Å². The number of ether oxygens (including phenoxy) is 3. The Morgan fingerprint density at radius 2 is 1.93 bits per heavy atom. The van der Waals surface area contributed by atoms with Crippen molar-refractivity contribution in [2.75, 3.05) is 40.5 Å². The van der Waals surface area contributed by atoms with E-state index in [4.69, 9.17) is 38.0 Å². The Bertz CT molecular complexity index is 731. The number of carbonyl (C=O) groups is 2. The minimum atomic E-state index is -0.421. The summed E-state index contributed by atoms with van der Waals surface area (Å²) in [7, 11) is 2.90. The molecule has 27 heavy (non-hydrogen) atoms. The first-order chi connectivity index (χ1) is 12.9. The molecular weight excluding hydrogens is 394 g/mol. The van der Waals surface area contributed by atoms with Crippen LogP contribution < -0.4 is 14.8 Å². The zero-order chi connectivity index (χ0) is 20.0. The first-order valence-corrected chi connectivity index (χ1v) is 9.16. The number of benzene rings is 1. The van der Waals surface area contributed by atoms with Gasteiger partial charge in [-0.15, -0.1) is 0 Å². The van der Waals surface area contributed by atoms with Gasteiger partial charge in [0.25, 0.3) is 5.91 Å². The predicted molar refractivity (Wildman–Crippen MR) is 104 cm³/mol. The Kier molecular flexibility index (Phi) is 7.49. The van der Waals surface area contributed by atoms with Crippen molar-refractivity contribution in [3.8, 4) is 11.5 Å². The molecule has 0 atom stereocenters. The Labute approximate surface area is 168 Å².